The Balaban J connectivity index is 2.28. The van der Waals surface area contributed by atoms with Gasteiger partial charge in [0, 0.05) is 18.8 Å². The van der Waals surface area contributed by atoms with E-state index in [1.54, 1.807) is 6.92 Å². The van der Waals surface area contributed by atoms with Gasteiger partial charge in [-0.3, -0.25) is 0 Å². The highest BCUT2D eigenvalue weighted by Crippen LogP contribution is 2.22. The van der Waals surface area contributed by atoms with Crippen molar-refractivity contribution >= 4 is 16.0 Å². The lowest BCUT2D eigenvalue weighted by molar-refractivity contribution is 0.0691. The molecule has 0 saturated carbocycles. The lowest BCUT2D eigenvalue weighted by Crippen LogP contribution is -2.45. The smallest absolute Gasteiger partial charge is 0.352 e. The molecule has 7 nitrogen and oxygen atoms in total. The van der Waals surface area contributed by atoms with E-state index in [1.165, 1.54) is 16.6 Å². The average molecular weight is 301 g/mol. The van der Waals surface area contributed by atoms with Crippen molar-refractivity contribution in [3.8, 4) is 0 Å². The second-order valence-electron chi connectivity index (χ2n) is 4.74. The molecular weight excluding hydrogens is 282 g/mol. The van der Waals surface area contributed by atoms with Crippen LogP contribution < -0.4 is 5.32 Å². The number of piperidine rings is 1. The summed E-state index contributed by atoms with van der Waals surface area (Å²) >= 11 is 0. The third kappa shape index (κ3) is 2.87. The van der Waals surface area contributed by atoms with Gasteiger partial charge in [0.15, 0.2) is 0 Å². The van der Waals surface area contributed by atoms with Crippen molar-refractivity contribution in [3.05, 3.63) is 18.0 Å². The maximum atomic E-state index is 12.6. The first-order chi connectivity index (χ1) is 9.46. The number of H-pyrrole nitrogens is 1. The average Bonchev–Trinajstić information content (AvgIpc) is 2.91. The van der Waals surface area contributed by atoms with Gasteiger partial charge in [0.05, 0.1) is 0 Å². The zero-order valence-electron chi connectivity index (χ0n) is 11.3. The van der Waals surface area contributed by atoms with E-state index < -0.39 is 16.0 Å². The van der Waals surface area contributed by atoms with Gasteiger partial charge in [0.1, 0.15) is 10.6 Å². The highest BCUT2D eigenvalue weighted by molar-refractivity contribution is 7.89. The Hall–Kier alpha value is -1.38. The second kappa shape index (κ2) is 5.94. The molecule has 0 unspecified atom stereocenters. The topological polar surface area (TPSA) is 103 Å². The Morgan fingerprint density at radius 1 is 1.45 bits per heavy atom. The Morgan fingerprint density at radius 3 is 2.60 bits per heavy atom. The van der Waals surface area contributed by atoms with Crippen LogP contribution >= 0.6 is 0 Å². The number of carboxylic acid groups (broad SMARTS) is 1. The van der Waals surface area contributed by atoms with Crippen LogP contribution in [0.15, 0.2) is 17.2 Å². The van der Waals surface area contributed by atoms with Crippen LogP contribution in [0.25, 0.3) is 0 Å². The molecule has 0 amide bonds. The van der Waals surface area contributed by atoms with Crippen LogP contribution in [0.1, 0.15) is 30.3 Å². The van der Waals surface area contributed by atoms with Crippen molar-refractivity contribution in [2.75, 3.05) is 19.6 Å². The molecule has 0 aromatic carbocycles. The molecule has 1 aliphatic heterocycles. The van der Waals surface area contributed by atoms with E-state index in [2.05, 4.69) is 10.3 Å². The summed E-state index contributed by atoms with van der Waals surface area (Å²) in [6.07, 6.45) is 2.77. The van der Waals surface area contributed by atoms with Gasteiger partial charge in [0.2, 0.25) is 10.0 Å². The Kier molecular flexibility index (Phi) is 4.46. The first-order valence-corrected chi connectivity index (χ1v) is 8.05. The molecule has 8 heteroatoms. The maximum absolute atomic E-state index is 12.6. The number of aromatic amines is 1. The Morgan fingerprint density at radius 2 is 2.10 bits per heavy atom. The van der Waals surface area contributed by atoms with Gasteiger partial charge >= 0.3 is 5.97 Å². The SMILES string of the molecule is CCN(C1CCNCC1)S(=O)(=O)c1c[nH]c(C(=O)O)c1. The van der Waals surface area contributed by atoms with Gasteiger partial charge in [-0.15, -0.1) is 0 Å². The van der Waals surface area contributed by atoms with Crippen LogP contribution in [-0.4, -0.2) is 54.5 Å². The van der Waals surface area contributed by atoms with E-state index in [1.807, 2.05) is 0 Å². The van der Waals surface area contributed by atoms with E-state index in [-0.39, 0.29) is 16.6 Å². The fourth-order valence-corrected chi connectivity index (χ4v) is 4.19. The number of carbonyl (C=O) groups is 1. The summed E-state index contributed by atoms with van der Waals surface area (Å²) in [5.41, 5.74) is -0.120. The predicted molar refractivity (Wildman–Crippen MR) is 73.2 cm³/mol. The molecule has 0 radical (unpaired) electrons. The second-order valence-corrected chi connectivity index (χ2v) is 6.63. The van der Waals surface area contributed by atoms with Crippen LogP contribution in [0.4, 0.5) is 0 Å². The molecule has 3 N–H and O–H groups in total. The number of nitrogens with one attached hydrogen (secondary N) is 2. The molecule has 0 bridgehead atoms. The molecule has 1 fully saturated rings. The molecule has 1 saturated heterocycles. The van der Waals surface area contributed by atoms with Crippen LogP contribution in [0.5, 0.6) is 0 Å². The lowest BCUT2D eigenvalue weighted by atomic mass is 10.1. The van der Waals surface area contributed by atoms with Crippen LogP contribution in [0.3, 0.4) is 0 Å². The quantitative estimate of drug-likeness (QED) is 0.734. The maximum Gasteiger partial charge on any atom is 0.352 e. The molecule has 112 valence electrons. The van der Waals surface area contributed by atoms with Crippen LogP contribution in [-0.2, 0) is 10.0 Å². The number of carboxylic acids is 1. The third-order valence-corrected chi connectivity index (χ3v) is 5.53. The number of nitrogens with zero attached hydrogens (tertiary/aromatic N) is 1. The van der Waals surface area contributed by atoms with Crippen molar-refractivity contribution in [2.24, 2.45) is 0 Å². The van der Waals surface area contributed by atoms with Crippen molar-refractivity contribution in [1.29, 1.82) is 0 Å². The first-order valence-electron chi connectivity index (χ1n) is 6.61. The molecule has 1 aliphatic rings. The summed E-state index contributed by atoms with van der Waals surface area (Å²) in [6, 6.07) is 1.14. The highest BCUT2D eigenvalue weighted by atomic mass is 32.2. The summed E-state index contributed by atoms with van der Waals surface area (Å²) in [6.45, 7) is 3.76. The first kappa shape index (κ1) is 15.0. The normalized spacial score (nSPS) is 17.5. The van der Waals surface area contributed by atoms with Crippen molar-refractivity contribution in [2.45, 2.75) is 30.7 Å². The molecule has 2 rings (SSSR count). The third-order valence-electron chi connectivity index (χ3n) is 3.52. The van der Waals surface area contributed by atoms with Crippen molar-refractivity contribution < 1.29 is 18.3 Å². The van der Waals surface area contributed by atoms with Gasteiger partial charge in [0.25, 0.3) is 0 Å². The van der Waals surface area contributed by atoms with Crippen LogP contribution in [0.2, 0.25) is 0 Å². The number of aromatic nitrogens is 1. The molecule has 20 heavy (non-hydrogen) atoms. The number of sulfonamides is 1. The summed E-state index contributed by atoms with van der Waals surface area (Å²) in [7, 11) is -3.65. The fraction of sp³-hybridized carbons (Fsp3) is 0.583. The van der Waals surface area contributed by atoms with Crippen molar-refractivity contribution in [3.63, 3.8) is 0 Å². The number of hydrogen-bond acceptors (Lipinski definition) is 4. The summed E-state index contributed by atoms with van der Waals surface area (Å²) in [5.74, 6) is -1.17. The zero-order chi connectivity index (χ0) is 14.8. The zero-order valence-corrected chi connectivity index (χ0v) is 12.1. The number of aromatic carboxylic acids is 1. The Bertz CT molecular complexity index is 575. The van der Waals surface area contributed by atoms with E-state index in [0.29, 0.717) is 6.54 Å². The van der Waals surface area contributed by atoms with Gasteiger partial charge in [-0.1, -0.05) is 6.92 Å². The van der Waals surface area contributed by atoms with E-state index >= 15 is 0 Å². The monoisotopic (exact) mass is 301 g/mol. The van der Waals surface area contributed by atoms with Crippen LogP contribution in [0, 0.1) is 0 Å². The van der Waals surface area contributed by atoms with E-state index in [0.717, 1.165) is 25.9 Å². The van der Waals surface area contributed by atoms with Crippen molar-refractivity contribution in [1.82, 2.24) is 14.6 Å². The van der Waals surface area contributed by atoms with E-state index in [4.69, 9.17) is 5.11 Å². The standard InChI is InChI=1S/C12H19N3O4S/c1-2-15(9-3-5-13-6-4-9)20(18,19)10-7-11(12(16)17)14-8-10/h7-9,13-14H,2-6H2,1H3,(H,16,17). The fourth-order valence-electron chi connectivity index (χ4n) is 2.50. The molecule has 0 spiro atoms. The molecule has 2 heterocycles. The molecular formula is C12H19N3O4S. The summed E-state index contributed by atoms with van der Waals surface area (Å²) in [5, 5.41) is 12.1. The highest BCUT2D eigenvalue weighted by Gasteiger charge is 2.32. The number of rotatable bonds is 5. The lowest BCUT2D eigenvalue weighted by Gasteiger charge is -2.32. The molecule has 0 atom stereocenters. The summed E-state index contributed by atoms with van der Waals surface area (Å²) < 4.78 is 26.6. The molecule has 1 aromatic rings. The minimum Gasteiger partial charge on any atom is -0.477 e. The molecule has 0 aliphatic carbocycles. The van der Waals surface area contributed by atoms with Gasteiger partial charge in [-0.25, -0.2) is 13.2 Å². The minimum atomic E-state index is -3.65. The summed E-state index contributed by atoms with van der Waals surface area (Å²) in [4.78, 5) is 13.3. The predicted octanol–water partition coefficient (Wildman–Crippen LogP) is 0.476. The van der Waals surface area contributed by atoms with E-state index in [9.17, 15) is 13.2 Å². The van der Waals surface area contributed by atoms with Gasteiger partial charge in [-0.05, 0) is 32.0 Å². The van der Waals surface area contributed by atoms with Gasteiger partial charge in [-0.2, -0.15) is 4.31 Å². The van der Waals surface area contributed by atoms with Gasteiger partial charge < -0.3 is 15.4 Å². The molecule has 1 aromatic heterocycles. The Labute approximate surface area is 118 Å². The minimum absolute atomic E-state index is 0.00952. The number of hydrogen-bond donors (Lipinski definition) is 3. The largest absolute Gasteiger partial charge is 0.477 e.